The van der Waals surface area contributed by atoms with Crippen molar-refractivity contribution in [2.24, 2.45) is 5.92 Å². The number of hydrogen-bond donors (Lipinski definition) is 0. The van der Waals surface area contributed by atoms with Crippen molar-refractivity contribution in [1.29, 1.82) is 0 Å². The zero-order valence-corrected chi connectivity index (χ0v) is 9.03. The molecule has 2 nitrogen and oxygen atoms in total. The fourth-order valence-corrected chi connectivity index (χ4v) is 1.50. The second-order valence-corrected chi connectivity index (χ2v) is 4.25. The Morgan fingerprint density at radius 1 is 1.47 bits per heavy atom. The molecule has 1 aromatic rings. The van der Waals surface area contributed by atoms with Gasteiger partial charge in [0.2, 0.25) is 0 Å². The van der Waals surface area contributed by atoms with Crippen LogP contribution in [0, 0.1) is 12.8 Å². The molecule has 0 atom stereocenters. The van der Waals surface area contributed by atoms with Crippen LogP contribution >= 0.6 is 0 Å². The third-order valence-electron chi connectivity index (χ3n) is 2.62. The van der Waals surface area contributed by atoms with Gasteiger partial charge in [0.05, 0.1) is 6.61 Å². The SMILES string of the molecule is Cc1cccc(C(=O)COCC2CC2)c1. The lowest BCUT2D eigenvalue weighted by atomic mass is 10.1. The van der Waals surface area contributed by atoms with E-state index >= 15 is 0 Å². The molecule has 1 aliphatic carbocycles. The molecular formula is C13H16O2. The van der Waals surface area contributed by atoms with Crippen LogP contribution < -0.4 is 0 Å². The van der Waals surface area contributed by atoms with Crippen molar-refractivity contribution in [1.82, 2.24) is 0 Å². The van der Waals surface area contributed by atoms with Crippen LogP contribution in [0.25, 0.3) is 0 Å². The van der Waals surface area contributed by atoms with Crippen LogP contribution in [-0.4, -0.2) is 19.0 Å². The Labute approximate surface area is 90.3 Å². The Hall–Kier alpha value is -1.15. The first-order valence-corrected chi connectivity index (χ1v) is 5.43. The standard InChI is InChI=1S/C13H16O2/c1-10-3-2-4-12(7-10)13(14)9-15-8-11-5-6-11/h2-4,7,11H,5-6,8-9H2,1H3. The number of hydrogen-bond acceptors (Lipinski definition) is 2. The van der Waals surface area contributed by atoms with Crippen molar-refractivity contribution in [3.8, 4) is 0 Å². The predicted octanol–water partition coefficient (Wildman–Crippen LogP) is 2.60. The molecule has 2 heteroatoms. The summed E-state index contributed by atoms with van der Waals surface area (Å²) in [6.45, 7) is 2.96. The summed E-state index contributed by atoms with van der Waals surface area (Å²) in [5.74, 6) is 0.801. The highest BCUT2D eigenvalue weighted by atomic mass is 16.5. The highest BCUT2D eigenvalue weighted by Gasteiger charge is 2.21. The van der Waals surface area contributed by atoms with Gasteiger partial charge in [-0.2, -0.15) is 0 Å². The largest absolute Gasteiger partial charge is 0.373 e. The lowest BCUT2D eigenvalue weighted by molar-refractivity contribution is 0.0740. The fourth-order valence-electron chi connectivity index (χ4n) is 1.50. The summed E-state index contributed by atoms with van der Waals surface area (Å²) in [6, 6.07) is 7.64. The first-order valence-electron chi connectivity index (χ1n) is 5.43. The lowest BCUT2D eigenvalue weighted by Crippen LogP contribution is -2.10. The minimum Gasteiger partial charge on any atom is -0.373 e. The van der Waals surface area contributed by atoms with Crippen LogP contribution in [-0.2, 0) is 4.74 Å². The van der Waals surface area contributed by atoms with Gasteiger partial charge in [-0.15, -0.1) is 0 Å². The van der Waals surface area contributed by atoms with Crippen molar-refractivity contribution in [2.75, 3.05) is 13.2 Å². The first kappa shape index (κ1) is 10.4. The number of rotatable bonds is 5. The van der Waals surface area contributed by atoms with Gasteiger partial charge in [-0.3, -0.25) is 4.79 Å². The average Bonchev–Trinajstić information content (AvgIpc) is 3.01. The van der Waals surface area contributed by atoms with E-state index in [1.54, 1.807) is 0 Å². The van der Waals surface area contributed by atoms with E-state index in [9.17, 15) is 4.79 Å². The van der Waals surface area contributed by atoms with E-state index in [1.165, 1.54) is 12.8 Å². The molecule has 80 valence electrons. The topological polar surface area (TPSA) is 26.3 Å². The maximum absolute atomic E-state index is 11.7. The Kier molecular flexibility index (Phi) is 3.17. The Morgan fingerprint density at radius 2 is 2.27 bits per heavy atom. The molecule has 15 heavy (non-hydrogen) atoms. The summed E-state index contributed by atoms with van der Waals surface area (Å²) in [5, 5.41) is 0. The average molecular weight is 204 g/mol. The van der Waals surface area contributed by atoms with Gasteiger partial charge < -0.3 is 4.74 Å². The summed E-state index contributed by atoms with van der Waals surface area (Å²) in [6.07, 6.45) is 2.53. The van der Waals surface area contributed by atoms with Gasteiger partial charge in [0, 0.05) is 5.56 Å². The lowest BCUT2D eigenvalue weighted by Gasteiger charge is -2.03. The maximum Gasteiger partial charge on any atom is 0.188 e. The van der Waals surface area contributed by atoms with Crippen LogP contribution in [0.1, 0.15) is 28.8 Å². The second kappa shape index (κ2) is 4.58. The number of Topliss-reactive ketones (excluding diaryl/α,β-unsaturated/α-hetero) is 1. The van der Waals surface area contributed by atoms with E-state index < -0.39 is 0 Å². The van der Waals surface area contributed by atoms with Gasteiger partial charge in [-0.1, -0.05) is 23.8 Å². The van der Waals surface area contributed by atoms with Gasteiger partial charge in [0.25, 0.3) is 0 Å². The summed E-state index contributed by atoms with van der Waals surface area (Å²) >= 11 is 0. The monoisotopic (exact) mass is 204 g/mol. The molecular weight excluding hydrogens is 188 g/mol. The van der Waals surface area contributed by atoms with Crippen LogP contribution in [0.5, 0.6) is 0 Å². The Morgan fingerprint density at radius 3 is 2.93 bits per heavy atom. The van der Waals surface area contributed by atoms with E-state index in [-0.39, 0.29) is 12.4 Å². The van der Waals surface area contributed by atoms with Crippen molar-refractivity contribution in [3.63, 3.8) is 0 Å². The molecule has 0 bridgehead atoms. The molecule has 0 spiro atoms. The normalized spacial score (nSPS) is 15.3. The van der Waals surface area contributed by atoms with Crippen molar-refractivity contribution in [3.05, 3.63) is 35.4 Å². The molecule has 0 amide bonds. The van der Waals surface area contributed by atoms with Gasteiger partial charge in [0.1, 0.15) is 6.61 Å². The molecule has 1 aromatic carbocycles. The molecule has 0 heterocycles. The smallest absolute Gasteiger partial charge is 0.188 e. The summed E-state index contributed by atoms with van der Waals surface area (Å²) < 4.78 is 5.36. The highest BCUT2D eigenvalue weighted by Crippen LogP contribution is 2.28. The van der Waals surface area contributed by atoms with Gasteiger partial charge in [-0.05, 0) is 31.7 Å². The maximum atomic E-state index is 11.7. The minimum atomic E-state index is 0.0827. The Balaban J connectivity index is 1.83. The van der Waals surface area contributed by atoms with E-state index in [1.807, 2.05) is 31.2 Å². The van der Waals surface area contributed by atoms with Crippen molar-refractivity contribution in [2.45, 2.75) is 19.8 Å². The van der Waals surface area contributed by atoms with E-state index in [2.05, 4.69) is 0 Å². The number of ether oxygens (including phenoxy) is 1. The number of carbonyl (C=O) groups is 1. The zero-order valence-electron chi connectivity index (χ0n) is 9.03. The summed E-state index contributed by atoms with van der Waals surface area (Å²) in [7, 11) is 0. The van der Waals surface area contributed by atoms with Crippen LogP contribution in [0.4, 0.5) is 0 Å². The van der Waals surface area contributed by atoms with Crippen LogP contribution in [0.15, 0.2) is 24.3 Å². The zero-order chi connectivity index (χ0) is 10.7. The third-order valence-corrected chi connectivity index (χ3v) is 2.62. The second-order valence-electron chi connectivity index (χ2n) is 4.25. The molecule has 0 saturated heterocycles. The quantitative estimate of drug-likeness (QED) is 0.689. The first-order chi connectivity index (χ1) is 7.25. The molecule has 2 rings (SSSR count). The van der Waals surface area contributed by atoms with E-state index in [4.69, 9.17) is 4.74 Å². The molecule has 0 N–H and O–H groups in total. The number of benzene rings is 1. The van der Waals surface area contributed by atoms with E-state index in [0.717, 1.165) is 23.7 Å². The van der Waals surface area contributed by atoms with Gasteiger partial charge in [0.15, 0.2) is 5.78 Å². The number of carbonyl (C=O) groups excluding carboxylic acids is 1. The molecule has 0 unspecified atom stereocenters. The third kappa shape index (κ3) is 3.17. The molecule has 0 aromatic heterocycles. The summed E-state index contributed by atoms with van der Waals surface area (Å²) in [4.78, 5) is 11.7. The fraction of sp³-hybridized carbons (Fsp3) is 0.462. The van der Waals surface area contributed by atoms with Gasteiger partial charge >= 0.3 is 0 Å². The molecule has 1 fully saturated rings. The molecule has 1 aliphatic rings. The highest BCUT2D eigenvalue weighted by molar-refractivity contribution is 5.97. The predicted molar refractivity (Wildman–Crippen MR) is 59.1 cm³/mol. The molecule has 1 saturated carbocycles. The summed E-state index contributed by atoms with van der Waals surface area (Å²) in [5.41, 5.74) is 1.87. The van der Waals surface area contributed by atoms with Crippen LogP contribution in [0.3, 0.4) is 0 Å². The molecule has 0 aliphatic heterocycles. The van der Waals surface area contributed by atoms with Crippen LogP contribution in [0.2, 0.25) is 0 Å². The van der Waals surface area contributed by atoms with Crippen molar-refractivity contribution < 1.29 is 9.53 Å². The van der Waals surface area contributed by atoms with Gasteiger partial charge in [-0.25, -0.2) is 0 Å². The van der Waals surface area contributed by atoms with Crippen molar-refractivity contribution >= 4 is 5.78 Å². The van der Waals surface area contributed by atoms with E-state index in [0.29, 0.717) is 0 Å². The number of ketones is 1. The molecule has 0 radical (unpaired) electrons. The number of aryl methyl sites for hydroxylation is 1. The Bertz CT molecular complexity index is 353. The minimum absolute atomic E-state index is 0.0827.